The lowest BCUT2D eigenvalue weighted by molar-refractivity contribution is -0.113. The monoisotopic (exact) mass is 503 g/mol. The number of benzene rings is 1. The average Bonchev–Trinajstić information content (AvgIpc) is 3.33. The van der Waals surface area contributed by atoms with Gasteiger partial charge in [0, 0.05) is 22.9 Å². The standard InChI is InChI=1S/C23H26ClN5O2S2/c1-3-29-18(11-14-5-7-15(24)8-6-14)27-28-23(29)32-12-19(30)26-22-20(21(25)31)16-9-4-13(2)10-17(16)33-22/h5-8,13H,3-4,9-12H2,1-2H3,(H2,25,31)(H,26,30). The molecule has 4 rings (SSSR count). The summed E-state index contributed by atoms with van der Waals surface area (Å²) in [6.45, 7) is 4.92. The van der Waals surface area contributed by atoms with Gasteiger partial charge in [0.1, 0.15) is 10.8 Å². The van der Waals surface area contributed by atoms with Crippen molar-refractivity contribution in [3.63, 3.8) is 0 Å². The van der Waals surface area contributed by atoms with Crippen molar-refractivity contribution in [3.8, 4) is 0 Å². The van der Waals surface area contributed by atoms with Gasteiger partial charge < -0.3 is 15.6 Å². The van der Waals surface area contributed by atoms with Gasteiger partial charge in [-0.1, -0.05) is 42.4 Å². The van der Waals surface area contributed by atoms with E-state index < -0.39 is 5.91 Å². The maximum atomic E-state index is 12.7. The maximum absolute atomic E-state index is 12.7. The highest BCUT2D eigenvalue weighted by Crippen LogP contribution is 2.39. The van der Waals surface area contributed by atoms with Crippen molar-refractivity contribution in [2.24, 2.45) is 11.7 Å². The van der Waals surface area contributed by atoms with Crippen molar-refractivity contribution in [2.75, 3.05) is 11.1 Å². The van der Waals surface area contributed by atoms with E-state index in [0.29, 0.717) is 39.6 Å². The van der Waals surface area contributed by atoms with E-state index in [-0.39, 0.29) is 11.7 Å². The number of carbonyl (C=O) groups excluding carboxylic acids is 2. The summed E-state index contributed by atoms with van der Waals surface area (Å²) in [4.78, 5) is 26.0. The molecule has 7 nitrogen and oxygen atoms in total. The second-order valence-corrected chi connectivity index (χ2v) is 10.7. The molecule has 1 aromatic carbocycles. The number of hydrogen-bond acceptors (Lipinski definition) is 6. The van der Waals surface area contributed by atoms with Crippen LogP contribution in [-0.2, 0) is 30.6 Å². The molecule has 0 aliphatic heterocycles. The number of amides is 2. The number of carbonyl (C=O) groups is 2. The smallest absolute Gasteiger partial charge is 0.251 e. The minimum Gasteiger partial charge on any atom is -0.365 e. The van der Waals surface area contributed by atoms with Gasteiger partial charge in [0.25, 0.3) is 5.91 Å². The quantitative estimate of drug-likeness (QED) is 0.439. The summed E-state index contributed by atoms with van der Waals surface area (Å²) in [6.07, 6.45) is 3.40. The highest BCUT2D eigenvalue weighted by Gasteiger charge is 2.27. The van der Waals surface area contributed by atoms with Gasteiger partial charge in [-0.2, -0.15) is 0 Å². The molecule has 33 heavy (non-hydrogen) atoms. The molecule has 174 valence electrons. The van der Waals surface area contributed by atoms with Crippen LogP contribution in [-0.4, -0.2) is 32.3 Å². The zero-order chi connectivity index (χ0) is 23.5. The van der Waals surface area contributed by atoms with Gasteiger partial charge in [0.2, 0.25) is 5.91 Å². The molecule has 3 aromatic rings. The van der Waals surface area contributed by atoms with Crippen LogP contribution in [0.5, 0.6) is 0 Å². The molecule has 2 aromatic heterocycles. The Morgan fingerprint density at radius 1 is 1.30 bits per heavy atom. The normalized spacial score (nSPS) is 15.3. The number of halogens is 1. The lowest BCUT2D eigenvalue weighted by Crippen LogP contribution is -2.20. The SMILES string of the molecule is CCn1c(Cc2ccc(Cl)cc2)nnc1SCC(=O)Nc1sc2c(c1C(N)=O)CCC(C)C2. The van der Waals surface area contributed by atoms with Crippen LogP contribution in [0.1, 0.15) is 52.5 Å². The number of anilines is 1. The number of nitrogens with two attached hydrogens (primary N) is 1. The minimum atomic E-state index is -0.484. The fraction of sp³-hybridized carbons (Fsp3) is 0.391. The van der Waals surface area contributed by atoms with Crippen LogP contribution in [0.4, 0.5) is 5.00 Å². The molecule has 0 saturated heterocycles. The summed E-state index contributed by atoms with van der Waals surface area (Å²) < 4.78 is 2.01. The number of hydrogen-bond donors (Lipinski definition) is 2. The second-order valence-electron chi connectivity index (χ2n) is 8.20. The zero-order valence-corrected chi connectivity index (χ0v) is 20.9. The number of fused-ring (bicyclic) bond motifs is 1. The van der Waals surface area contributed by atoms with E-state index in [1.807, 2.05) is 35.8 Å². The molecule has 0 fully saturated rings. The number of aromatic nitrogens is 3. The Bertz CT molecular complexity index is 1170. The summed E-state index contributed by atoms with van der Waals surface area (Å²) in [5.41, 5.74) is 8.22. The first-order valence-electron chi connectivity index (χ1n) is 10.9. The van der Waals surface area contributed by atoms with Gasteiger partial charge in [-0.05, 0) is 55.4 Å². The fourth-order valence-electron chi connectivity index (χ4n) is 4.05. The van der Waals surface area contributed by atoms with Crippen molar-refractivity contribution >= 4 is 51.5 Å². The summed E-state index contributed by atoms with van der Waals surface area (Å²) in [7, 11) is 0. The Morgan fingerprint density at radius 3 is 2.76 bits per heavy atom. The Morgan fingerprint density at radius 2 is 2.06 bits per heavy atom. The van der Waals surface area contributed by atoms with E-state index in [1.165, 1.54) is 23.1 Å². The van der Waals surface area contributed by atoms with E-state index >= 15 is 0 Å². The first-order valence-corrected chi connectivity index (χ1v) is 13.1. The number of primary amides is 1. The van der Waals surface area contributed by atoms with E-state index in [4.69, 9.17) is 17.3 Å². The number of thioether (sulfide) groups is 1. The molecule has 1 aliphatic rings. The van der Waals surface area contributed by atoms with Gasteiger partial charge in [-0.25, -0.2) is 0 Å². The largest absolute Gasteiger partial charge is 0.365 e. The minimum absolute atomic E-state index is 0.163. The van der Waals surface area contributed by atoms with Gasteiger partial charge in [0.05, 0.1) is 11.3 Å². The third kappa shape index (κ3) is 5.42. The predicted octanol–water partition coefficient (Wildman–Crippen LogP) is 4.56. The first kappa shape index (κ1) is 23.8. The van der Waals surface area contributed by atoms with Crippen LogP contribution in [0.25, 0.3) is 0 Å². The molecule has 0 bridgehead atoms. The first-order chi connectivity index (χ1) is 15.9. The van der Waals surface area contributed by atoms with Crippen LogP contribution >= 0.6 is 34.7 Å². The molecular weight excluding hydrogens is 478 g/mol. The summed E-state index contributed by atoms with van der Waals surface area (Å²) in [5.74, 6) is 0.884. The number of thiophene rings is 1. The highest BCUT2D eigenvalue weighted by molar-refractivity contribution is 7.99. The van der Waals surface area contributed by atoms with Gasteiger partial charge in [0.15, 0.2) is 5.16 Å². The van der Waals surface area contributed by atoms with Crippen LogP contribution in [0.15, 0.2) is 29.4 Å². The third-order valence-corrected chi connectivity index (χ3v) is 8.12. The fourth-order valence-corrected chi connectivity index (χ4v) is 6.43. The lowest BCUT2D eigenvalue weighted by atomic mass is 9.88. The van der Waals surface area contributed by atoms with E-state index in [9.17, 15) is 9.59 Å². The molecular formula is C23H26ClN5O2S2. The second kappa shape index (κ2) is 10.3. The van der Waals surface area contributed by atoms with Crippen LogP contribution in [0, 0.1) is 5.92 Å². The lowest BCUT2D eigenvalue weighted by Gasteiger charge is -2.18. The Labute approximate surface area is 206 Å². The van der Waals surface area contributed by atoms with E-state index in [2.05, 4.69) is 22.4 Å². The Kier molecular flexibility index (Phi) is 7.41. The van der Waals surface area contributed by atoms with E-state index in [1.54, 1.807) is 0 Å². The molecule has 0 spiro atoms. The molecule has 0 radical (unpaired) electrons. The van der Waals surface area contributed by atoms with Crippen molar-refractivity contribution in [1.82, 2.24) is 14.8 Å². The number of rotatable bonds is 8. The maximum Gasteiger partial charge on any atom is 0.251 e. The molecule has 2 amide bonds. The highest BCUT2D eigenvalue weighted by atomic mass is 35.5. The third-order valence-electron chi connectivity index (χ3n) is 5.73. The number of nitrogens with zero attached hydrogens (tertiary/aromatic N) is 3. The Hall–Kier alpha value is -2.36. The molecule has 2 heterocycles. The van der Waals surface area contributed by atoms with Gasteiger partial charge in [-0.3, -0.25) is 9.59 Å². The molecule has 0 saturated carbocycles. The van der Waals surface area contributed by atoms with Crippen molar-refractivity contribution in [3.05, 3.63) is 56.7 Å². The topological polar surface area (TPSA) is 103 Å². The summed E-state index contributed by atoms with van der Waals surface area (Å²) >= 11 is 8.77. The molecule has 3 N–H and O–H groups in total. The van der Waals surface area contributed by atoms with Crippen molar-refractivity contribution < 1.29 is 9.59 Å². The summed E-state index contributed by atoms with van der Waals surface area (Å²) in [5, 5.41) is 13.5. The van der Waals surface area contributed by atoms with Crippen molar-refractivity contribution in [2.45, 2.75) is 51.2 Å². The van der Waals surface area contributed by atoms with Crippen LogP contribution in [0.3, 0.4) is 0 Å². The van der Waals surface area contributed by atoms with Gasteiger partial charge in [-0.15, -0.1) is 21.5 Å². The van der Waals surface area contributed by atoms with Gasteiger partial charge >= 0.3 is 0 Å². The molecule has 10 heteroatoms. The molecule has 1 aliphatic carbocycles. The average molecular weight is 504 g/mol. The zero-order valence-electron chi connectivity index (χ0n) is 18.6. The van der Waals surface area contributed by atoms with Crippen LogP contribution in [0.2, 0.25) is 5.02 Å². The Balaban J connectivity index is 1.43. The van der Waals surface area contributed by atoms with Crippen LogP contribution < -0.4 is 11.1 Å². The summed E-state index contributed by atoms with van der Waals surface area (Å²) in [6, 6.07) is 7.64. The number of nitrogens with one attached hydrogen (secondary N) is 1. The predicted molar refractivity (Wildman–Crippen MR) is 133 cm³/mol. The van der Waals surface area contributed by atoms with Crippen molar-refractivity contribution in [1.29, 1.82) is 0 Å². The van der Waals surface area contributed by atoms with E-state index in [0.717, 1.165) is 41.1 Å². The molecule has 1 unspecified atom stereocenters. The molecule has 1 atom stereocenters.